The van der Waals surface area contributed by atoms with Gasteiger partial charge in [0.05, 0.1) is 12.1 Å². The normalized spacial score (nSPS) is 18.9. The van der Waals surface area contributed by atoms with Gasteiger partial charge in [0.15, 0.2) is 5.90 Å². The minimum Gasteiger partial charge on any atom is -0.481 e. The molecule has 0 amide bonds. The second-order valence-corrected chi connectivity index (χ2v) is 4.00. The molecule has 1 N–H and O–H groups in total. The molecule has 0 bridgehead atoms. The predicted molar refractivity (Wildman–Crippen MR) is 59.8 cm³/mol. The number of halogens is 3. The molecular formula is C12H10F3NO3. The number of rotatable bonds is 3. The van der Waals surface area contributed by atoms with Gasteiger partial charge in [-0.2, -0.15) is 13.2 Å². The Morgan fingerprint density at radius 1 is 1.42 bits per heavy atom. The number of aliphatic imine (C=N–C) groups is 1. The van der Waals surface area contributed by atoms with Gasteiger partial charge in [0.2, 0.25) is 0 Å². The van der Waals surface area contributed by atoms with Crippen LogP contribution >= 0.6 is 0 Å². The Labute approximate surface area is 106 Å². The number of ether oxygens (including phenoxy) is 1. The quantitative estimate of drug-likeness (QED) is 0.921. The van der Waals surface area contributed by atoms with Crippen LogP contribution in [0.25, 0.3) is 0 Å². The third-order valence-electron chi connectivity index (χ3n) is 2.63. The standard InChI is InChI=1S/C12H10F3NO3/c13-12(14,15)8-4-2-1-3-7(8)9-6-16-10(19-9)5-11(17)18/h1-4,9H,5-6H2,(H,17,18). The largest absolute Gasteiger partial charge is 0.481 e. The molecule has 0 aromatic heterocycles. The van der Waals surface area contributed by atoms with Gasteiger partial charge in [0.25, 0.3) is 0 Å². The first-order valence-electron chi connectivity index (χ1n) is 5.46. The number of nitrogens with zero attached hydrogens (tertiary/aromatic N) is 1. The minimum absolute atomic E-state index is 0.00426. The maximum Gasteiger partial charge on any atom is 0.416 e. The number of carbonyl (C=O) groups is 1. The number of alkyl halides is 3. The lowest BCUT2D eigenvalue weighted by Gasteiger charge is -2.17. The summed E-state index contributed by atoms with van der Waals surface area (Å²) in [4.78, 5) is 14.3. The van der Waals surface area contributed by atoms with Gasteiger partial charge in [-0.3, -0.25) is 9.79 Å². The van der Waals surface area contributed by atoms with Crippen LogP contribution in [0.15, 0.2) is 29.3 Å². The smallest absolute Gasteiger partial charge is 0.416 e. The molecule has 1 aliphatic heterocycles. The van der Waals surface area contributed by atoms with Crippen molar-refractivity contribution in [3.05, 3.63) is 35.4 Å². The van der Waals surface area contributed by atoms with E-state index in [0.717, 1.165) is 6.07 Å². The van der Waals surface area contributed by atoms with E-state index in [2.05, 4.69) is 4.99 Å². The molecule has 0 radical (unpaired) electrons. The lowest BCUT2D eigenvalue weighted by molar-refractivity contribution is -0.139. The van der Waals surface area contributed by atoms with Crippen molar-refractivity contribution >= 4 is 11.9 Å². The van der Waals surface area contributed by atoms with Crippen molar-refractivity contribution in [2.75, 3.05) is 6.54 Å². The summed E-state index contributed by atoms with van der Waals surface area (Å²) in [6.07, 6.45) is -5.78. The number of hydrogen-bond acceptors (Lipinski definition) is 3. The molecule has 1 atom stereocenters. The SMILES string of the molecule is O=C(O)CC1=NCC(c2ccccc2C(F)(F)F)O1. The molecule has 4 nitrogen and oxygen atoms in total. The highest BCUT2D eigenvalue weighted by atomic mass is 19.4. The molecule has 1 aromatic rings. The van der Waals surface area contributed by atoms with E-state index < -0.39 is 30.2 Å². The number of carboxylic acid groups (broad SMARTS) is 1. The van der Waals surface area contributed by atoms with Crippen molar-refractivity contribution in [3.63, 3.8) is 0 Å². The van der Waals surface area contributed by atoms with Crippen LogP contribution in [-0.4, -0.2) is 23.5 Å². The van der Waals surface area contributed by atoms with Crippen LogP contribution in [0.1, 0.15) is 23.7 Å². The lowest BCUT2D eigenvalue weighted by atomic mass is 10.0. The van der Waals surface area contributed by atoms with Crippen LogP contribution in [0.5, 0.6) is 0 Å². The van der Waals surface area contributed by atoms with Gasteiger partial charge in [0.1, 0.15) is 12.5 Å². The van der Waals surface area contributed by atoms with E-state index in [4.69, 9.17) is 9.84 Å². The third kappa shape index (κ3) is 3.04. The molecule has 1 heterocycles. The average Bonchev–Trinajstić information content (AvgIpc) is 2.75. The summed E-state index contributed by atoms with van der Waals surface area (Å²) in [5.41, 5.74) is -0.814. The van der Waals surface area contributed by atoms with Gasteiger partial charge >= 0.3 is 12.1 Å². The molecule has 102 valence electrons. The topological polar surface area (TPSA) is 58.9 Å². The van der Waals surface area contributed by atoms with Gasteiger partial charge in [-0.1, -0.05) is 18.2 Å². The zero-order chi connectivity index (χ0) is 14.0. The van der Waals surface area contributed by atoms with E-state index in [1.54, 1.807) is 0 Å². The lowest BCUT2D eigenvalue weighted by Crippen LogP contribution is -2.15. The monoisotopic (exact) mass is 273 g/mol. The van der Waals surface area contributed by atoms with E-state index >= 15 is 0 Å². The Bertz CT molecular complexity index is 525. The molecular weight excluding hydrogens is 263 g/mol. The Morgan fingerprint density at radius 2 is 2.11 bits per heavy atom. The van der Waals surface area contributed by atoms with E-state index in [1.807, 2.05) is 0 Å². The molecule has 2 rings (SSSR count). The molecule has 1 aromatic carbocycles. The van der Waals surface area contributed by atoms with Crippen molar-refractivity contribution < 1.29 is 27.8 Å². The van der Waals surface area contributed by atoms with Crippen LogP contribution in [0.4, 0.5) is 13.2 Å². The van der Waals surface area contributed by atoms with Crippen molar-refractivity contribution in [2.24, 2.45) is 4.99 Å². The van der Waals surface area contributed by atoms with E-state index in [0.29, 0.717) is 0 Å². The summed E-state index contributed by atoms with van der Waals surface area (Å²) in [5.74, 6) is -1.18. The van der Waals surface area contributed by atoms with Gasteiger partial charge < -0.3 is 9.84 Å². The zero-order valence-electron chi connectivity index (χ0n) is 9.65. The average molecular weight is 273 g/mol. The van der Waals surface area contributed by atoms with Crippen molar-refractivity contribution in [1.29, 1.82) is 0 Å². The second-order valence-electron chi connectivity index (χ2n) is 4.00. The highest BCUT2D eigenvalue weighted by Gasteiger charge is 2.36. The number of aliphatic carboxylic acids is 1. The highest BCUT2D eigenvalue weighted by molar-refractivity contribution is 5.94. The van der Waals surface area contributed by atoms with Gasteiger partial charge in [-0.05, 0) is 6.07 Å². The first-order valence-corrected chi connectivity index (χ1v) is 5.46. The first-order chi connectivity index (χ1) is 8.88. The van der Waals surface area contributed by atoms with Crippen molar-refractivity contribution in [2.45, 2.75) is 18.7 Å². The summed E-state index contributed by atoms with van der Waals surface area (Å²) >= 11 is 0. The predicted octanol–water partition coefficient (Wildman–Crippen LogP) is 2.65. The molecule has 0 saturated heterocycles. The number of carboxylic acids is 1. The molecule has 0 spiro atoms. The van der Waals surface area contributed by atoms with E-state index in [1.165, 1.54) is 18.2 Å². The fraction of sp³-hybridized carbons (Fsp3) is 0.333. The van der Waals surface area contributed by atoms with E-state index in [-0.39, 0.29) is 18.0 Å². The fourth-order valence-electron chi connectivity index (χ4n) is 1.85. The Balaban J connectivity index is 2.20. The summed E-state index contributed by atoms with van der Waals surface area (Å²) < 4.78 is 43.6. The number of benzene rings is 1. The second kappa shape index (κ2) is 4.91. The van der Waals surface area contributed by atoms with E-state index in [9.17, 15) is 18.0 Å². The molecule has 0 fully saturated rings. The fourth-order valence-corrected chi connectivity index (χ4v) is 1.85. The maximum absolute atomic E-state index is 12.8. The molecule has 19 heavy (non-hydrogen) atoms. The van der Waals surface area contributed by atoms with Crippen LogP contribution in [0.3, 0.4) is 0 Å². The Morgan fingerprint density at radius 3 is 2.74 bits per heavy atom. The van der Waals surface area contributed by atoms with Crippen LogP contribution in [0.2, 0.25) is 0 Å². The van der Waals surface area contributed by atoms with Gasteiger partial charge in [-0.25, -0.2) is 0 Å². The Kier molecular flexibility index (Phi) is 3.46. The van der Waals surface area contributed by atoms with Gasteiger partial charge in [0, 0.05) is 5.56 Å². The van der Waals surface area contributed by atoms with Crippen molar-refractivity contribution in [3.8, 4) is 0 Å². The summed E-state index contributed by atoms with van der Waals surface area (Å²) in [6.45, 7) is -0.00426. The van der Waals surface area contributed by atoms with Gasteiger partial charge in [-0.15, -0.1) is 0 Å². The zero-order valence-corrected chi connectivity index (χ0v) is 9.65. The van der Waals surface area contributed by atoms with Crippen LogP contribution < -0.4 is 0 Å². The summed E-state index contributed by atoms with van der Waals surface area (Å²) in [7, 11) is 0. The first kappa shape index (κ1) is 13.4. The van der Waals surface area contributed by atoms with Crippen LogP contribution in [-0.2, 0) is 15.7 Å². The Hall–Kier alpha value is -2.05. The molecule has 0 saturated carbocycles. The molecule has 0 aliphatic carbocycles. The summed E-state index contributed by atoms with van der Waals surface area (Å²) in [5, 5.41) is 8.57. The molecule has 1 unspecified atom stereocenters. The molecule has 1 aliphatic rings. The maximum atomic E-state index is 12.8. The summed E-state index contributed by atoms with van der Waals surface area (Å²) in [6, 6.07) is 5.05. The van der Waals surface area contributed by atoms with Crippen molar-refractivity contribution in [1.82, 2.24) is 0 Å². The van der Waals surface area contributed by atoms with Crippen LogP contribution in [0, 0.1) is 0 Å². The molecule has 7 heteroatoms. The number of hydrogen-bond donors (Lipinski definition) is 1. The third-order valence-corrected chi connectivity index (χ3v) is 2.63. The minimum atomic E-state index is -4.48. The highest BCUT2D eigenvalue weighted by Crippen LogP contribution is 2.36.